The number of anilines is 2. The summed E-state index contributed by atoms with van der Waals surface area (Å²) in [5, 5.41) is 2.30. The van der Waals surface area contributed by atoms with Gasteiger partial charge in [-0.05, 0) is 92.1 Å². The van der Waals surface area contributed by atoms with Gasteiger partial charge in [0.05, 0.1) is 31.5 Å². The minimum Gasteiger partial charge on any atom is -0.325 e. The number of benzene rings is 4. The fourth-order valence-electron chi connectivity index (χ4n) is 6.17. The molecular formula is C37H33F4N7O5S3. The van der Waals surface area contributed by atoms with Gasteiger partial charge in [-0.15, -0.1) is 22.7 Å². The van der Waals surface area contributed by atoms with Crippen LogP contribution in [0, 0.1) is 23.3 Å². The predicted octanol–water partition coefficient (Wildman–Crippen LogP) is 6.22. The molecule has 0 aliphatic carbocycles. The van der Waals surface area contributed by atoms with E-state index >= 15 is 0 Å². The van der Waals surface area contributed by atoms with E-state index in [2.05, 4.69) is 20.0 Å². The smallest absolute Gasteiger partial charge is 0.325 e. The minimum atomic E-state index is -4.98. The number of hydrogen-bond donors (Lipinski definition) is 3. The summed E-state index contributed by atoms with van der Waals surface area (Å²) in [7, 11) is -4.98. The summed E-state index contributed by atoms with van der Waals surface area (Å²) < 4.78 is 89.5. The summed E-state index contributed by atoms with van der Waals surface area (Å²) in [5.74, 6) is -5.38. The molecule has 0 aliphatic heterocycles. The third kappa shape index (κ3) is 9.65. The normalized spacial score (nSPS) is 12.7. The lowest BCUT2D eigenvalue weighted by atomic mass is 10.0. The van der Waals surface area contributed by atoms with E-state index in [-0.39, 0.29) is 24.2 Å². The number of likely N-dealkylation sites (N-methyl/N-ethyl adjacent to an activating group) is 2. The Morgan fingerprint density at radius 3 is 1.54 bits per heavy atom. The lowest BCUT2D eigenvalue weighted by molar-refractivity contribution is -0.120. The second-order valence-electron chi connectivity index (χ2n) is 12.4. The zero-order valence-electron chi connectivity index (χ0n) is 29.6. The van der Waals surface area contributed by atoms with Crippen LogP contribution in [0.25, 0.3) is 20.4 Å². The van der Waals surface area contributed by atoms with Crippen LogP contribution in [0.4, 0.5) is 33.7 Å². The van der Waals surface area contributed by atoms with Crippen molar-refractivity contribution in [2.45, 2.75) is 38.8 Å². The van der Waals surface area contributed by atoms with Crippen molar-refractivity contribution in [3.63, 3.8) is 0 Å². The SMILES string of the molecule is CCN(C(=O)[C@H](Cc1cc(F)cc(F)c1)NC(=O)NS(=O)(=O)N[C@@H](Cc1cc(F)cc(F)c1)C(=O)N(CC)c1ccc2scnc2c1)c1ccc2scnc2c1. The first-order chi connectivity index (χ1) is 26.7. The summed E-state index contributed by atoms with van der Waals surface area (Å²) in [5.41, 5.74) is 5.10. The average Bonchev–Trinajstić information content (AvgIpc) is 3.80. The molecule has 2 aromatic heterocycles. The molecule has 4 aromatic carbocycles. The van der Waals surface area contributed by atoms with Gasteiger partial charge in [0, 0.05) is 43.0 Å². The maximum atomic E-state index is 14.2. The molecule has 0 spiro atoms. The van der Waals surface area contributed by atoms with Crippen molar-refractivity contribution in [2.75, 3.05) is 22.9 Å². The Morgan fingerprint density at radius 2 is 1.09 bits per heavy atom. The first kappa shape index (κ1) is 40.2. The van der Waals surface area contributed by atoms with Gasteiger partial charge in [0.1, 0.15) is 35.4 Å². The summed E-state index contributed by atoms with van der Waals surface area (Å²) in [4.78, 5) is 52.6. The molecule has 0 fully saturated rings. The summed E-state index contributed by atoms with van der Waals surface area (Å²) in [6.07, 6.45) is -0.989. The number of carbonyl (C=O) groups excluding carboxylic acids is 3. The van der Waals surface area contributed by atoms with Crippen molar-refractivity contribution in [2.24, 2.45) is 0 Å². The van der Waals surface area contributed by atoms with Crippen molar-refractivity contribution >= 4 is 82.5 Å². The molecule has 0 saturated heterocycles. The van der Waals surface area contributed by atoms with E-state index in [1.54, 1.807) is 66.0 Å². The molecule has 3 N–H and O–H groups in total. The van der Waals surface area contributed by atoms with Gasteiger partial charge >= 0.3 is 16.2 Å². The molecule has 0 unspecified atom stereocenters. The van der Waals surface area contributed by atoms with Crippen LogP contribution >= 0.6 is 22.7 Å². The van der Waals surface area contributed by atoms with Crippen LogP contribution in [0.15, 0.2) is 83.8 Å². The quantitative estimate of drug-likeness (QED) is 0.110. The molecule has 0 radical (unpaired) electrons. The molecule has 0 aliphatic rings. The number of fused-ring (bicyclic) bond motifs is 2. The summed E-state index contributed by atoms with van der Waals surface area (Å²) >= 11 is 2.76. The van der Waals surface area contributed by atoms with Crippen molar-refractivity contribution in [1.82, 2.24) is 24.7 Å². The maximum absolute atomic E-state index is 14.2. The standard InChI is InChI=1S/C37H33F4N7O5S3/c1-3-47(27-5-7-33-29(17-27)42-19-54-33)35(49)31(13-21-9-23(38)15-24(39)10-21)44-37(51)46-56(52,53)45-32(14-22-11-25(40)16-26(41)12-22)36(50)48(4-2)28-6-8-34-30(18-28)43-20-55-34/h5-12,15-20,31-32,45H,3-4,13-14H2,1-2H3,(H2,44,46,51)/t31-,32-/m0/s1. The van der Waals surface area contributed by atoms with Gasteiger partial charge in [-0.25, -0.2) is 37.0 Å². The summed E-state index contributed by atoms with van der Waals surface area (Å²) in [6, 6.07) is 10.4. The minimum absolute atomic E-state index is 0.0170. The predicted molar refractivity (Wildman–Crippen MR) is 207 cm³/mol. The lowest BCUT2D eigenvalue weighted by Gasteiger charge is -2.28. The molecule has 56 heavy (non-hydrogen) atoms. The summed E-state index contributed by atoms with van der Waals surface area (Å²) in [6.45, 7) is 3.43. The molecule has 4 amide bonds. The second kappa shape index (κ2) is 17.1. The van der Waals surface area contributed by atoms with Crippen LogP contribution < -0.4 is 24.6 Å². The van der Waals surface area contributed by atoms with Crippen molar-refractivity contribution in [1.29, 1.82) is 0 Å². The van der Waals surface area contributed by atoms with Gasteiger partial charge in [-0.1, -0.05) is 0 Å². The zero-order chi connectivity index (χ0) is 40.1. The molecule has 2 heterocycles. The van der Waals surface area contributed by atoms with Gasteiger partial charge in [0.25, 0.3) is 0 Å². The topological polar surface area (TPSA) is 154 Å². The molecule has 0 bridgehead atoms. The van der Waals surface area contributed by atoms with Crippen LogP contribution in [0.2, 0.25) is 0 Å². The molecule has 0 saturated carbocycles. The molecule has 12 nitrogen and oxygen atoms in total. The van der Waals surface area contributed by atoms with Gasteiger partial charge in [-0.3, -0.25) is 9.59 Å². The van der Waals surface area contributed by atoms with Crippen LogP contribution in [0.3, 0.4) is 0 Å². The van der Waals surface area contributed by atoms with Crippen molar-refractivity contribution < 1.29 is 40.4 Å². The molecule has 2 atom stereocenters. The van der Waals surface area contributed by atoms with E-state index in [0.29, 0.717) is 34.5 Å². The highest BCUT2D eigenvalue weighted by atomic mass is 32.2. The number of hydrogen-bond acceptors (Lipinski definition) is 9. The third-order valence-electron chi connectivity index (χ3n) is 8.57. The number of aromatic nitrogens is 2. The van der Waals surface area contributed by atoms with Crippen LogP contribution in [0.1, 0.15) is 25.0 Å². The zero-order valence-corrected chi connectivity index (χ0v) is 32.1. The van der Waals surface area contributed by atoms with Gasteiger partial charge in [0.2, 0.25) is 11.8 Å². The highest BCUT2D eigenvalue weighted by Gasteiger charge is 2.33. The average molecular weight is 828 g/mol. The molecule has 6 aromatic rings. The van der Waals surface area contributed by atoms with Gasteiger partial charge in [0.15, 0.2) is 0 Å². The van der Waals surface area contributed by atoms with Crippen LogP contribution in [-0.2, 0) is 32.6 Å². The number of nitrogens with zero attached hydrogens (tertiary/aromatic N) is 4. The Labute approximate surface area is 326 Å². The number of thiazole rings is 2. The van der Waals surface area contributed by atoms with Gasteiger partial charge in [-0.2, -0.15) is 13.1 Å². The Kier molecular flexibility index (Phi) is 12.3. The molecule has 6 rings (SSSR count). The van der Waals surface area contributed by atoms with E-state index in [1.165, 1.54) is 32.5 Å². The van der Waals surface area contributed by atoms with E-state index in [9.17, 15) is 40.4 Å². The Morgan fingerprint density at radius 1 is 0.661 bits per heavy atom. The Hall–Kier alpha value is -5.50. The van der Waals surface area contributed by atoms with Crippen molar-refractivity contribution in [3.05, 3.63) is 118 Å². The first-order valence-corrected chi connectivity index (χ1v) is 20.3. The largest absolute Gasteiger partial charge is 0.330 e. The van der Waals surface area contributed by atoms with E-state index in [0.717, 1.165) is 33.7 Å². The molecule has 292 valence electrons. The van der Waals surface area contributed by atoms with E-state index < -0.39 is 76.2 Å². The molecule has 19 heteroatoms. The number of halogens is 4. The second-order valence-corrected chi connectivity index (χ2v) is 15.7. The fourth-order valence-corrected chi connectivity index (χ4v) is 8.41. The third-order valence-corrected chi connectivity index (χ3v) is 11.2. The number of rotatable bonds is 14. The lowest BCUT2D eigenvalue weighted by Crippen LogP contribution is -2.57. The Balaban J connectivity index is 1.26. The molecular weight excluding hydrogens is 795 g/mol. The van der Waals surface area contributed by atoms with E-state index in [4.69, 9.17) is 0 Å². The van der Waals surface area contributed by atoms with Crippen molar-refractivity contribution in [3.8, 4) is 0 Å². The number of nitrogens with one attached hydrogen (secondary N) is 3. The van der Waals surface area contributed by atoms with E-state index in [1.807, 2.05) is 0 Å². The number of urea groups is 1. The van der Waals surface area contributed by atoms with Crippen LogP contribution in [-0.4, -0.2) is 61.4 Å². The monoisotopic (exact) mass is 827 g/mol. The highest BCUT2D eigenvalue weighted by molar-refractivity contribution is 7.88. The highest BCUT2D eigenvalue weighted by Crippen LogP contribution is 2.27. The number of amides is 4. The Bertz CT molecular complexity index is 2490. The van der Waals surface area contributed by atoms with Crippen LogP contribution in [0.5, 0.6) is 0 Å². The maximum Gasteiger partial charge on any atom is 0.330 e. The first-order valence-electron chi connectivity index (χ1n) is 17.0. The van der Waals surface area contributed by atoms with Gasteiger partial charge < -0.3 is 15.1 Å². The fraction of sp³-hybridized carbons (Fsp3) is 0.216. The number of carbonyl (C=O) groups is 3.